The van der Waals surface area contributed by atoms with Crippen molar-refractivity contribution in [1.29, 1.82) is 4.78 Å². The number of hydrogen-bond acceptors (Lipinski definition) is 3. The van der Waals surface area contributed by atoms with Gasteiger partial charge >= 0.3 is 0 Å². The van der Waals surface area contributed by atoms with Crippen LogP contribution in [-0.4, -0.2) is 20.2 Å². The Morgan fingerprint density at radius 2 is 1.84 bits per heavy atom. The molecule has 170 valence electrons. The highest BCUT2D eigenvalue weighted by Crippen LogP contribution is 2.25. The van der Waals surface area contributed by atoms with Crippen LogP contribution in [0.15, 0.2) is 65.2 Å². The van der Waals surface area contributed by atoms with Gasteiger partial charge in [-0.3, -0.25) is 4.78 Å². The number of nitrogens with one attached hydrogen (secondary N) is 3. The van der Waals surface area contributed by atoms with Gasteiger partial charge in [-0.25, -0.2) is 17.9 Å². The lowest BCUT2D eigenvalue weighted by Crippen LogP contribution is -2.28. The molecule has 2 atom stereocenters. The van der Waals surface area contributed by atoms with E-state index in [-0.39, 0.29) is 11.6 Å². The number of methoxy groups -OCH3 is 1. The quantitative estimate of drug-likeness (QED) is 0.484. The average Bonchev–Trinajstić information content (AvgIpc) is 2.92. The molecule has 0 aliphatic carbocycles. The summed E-state index contributed by atoms with van der Waals surface area (Å²) >= 11 is 0. The monoisotopic (exact) mass is 461 g/mol. The highest BCUT2D eigenvalue weighted by atomic mass is 32.2. The molecule has 4 nitrogen and oxygen atoms in total. The third-order valence-electron chi connectivity index (χ3n) is 5.03. The molecule has 0 aromatic heterocycles. The second kappa shape index (κ2) is 11.2. The van der Waals surface area contributed by atoms with E-state index in [0.717, 1.165) is 37.1 Å². The molecule has 0 bridgehead atoms. The van der Waals surface area contributed by atoms with Gasteiger partial charge in [-0.2, -0.15) is 0 Å². The number of hydrogen-bond donors (Lipinski definition) is 3. The zero-order valence-electron chi connectivity index (χ0n) is 17.9. The average molecular weight is 462 g/mol. The van der Waals surface area contributed by atoms with Gasteiger partial charge in [0.1, 0.15) is 5.75 Å². The van der Waals surface area contributed by atoms with Crippen LogP contribution in [0.1, 0.15) is 24.0 Å². The Morgan fingerprint density at radius 3 is 2.47 bits per heavy atom. The first-order valence-electron chi connectivity index (χ1n) is 10.2. The minimum atomic E-state index is -1.49. The van der Waals surface area contributed by atoms with E-state index in [0.29, 0.717) is 10.5 Å². The van der Waals surface area contributed by atoms with Crippen molar-refractivity contribution in [2.75, 3.05) is 14.2 Å². The fourth-order valence-corrected chi connectivity index (χ4v) is 4.60. The van der Waals surface area contributed by atoms with Crippen molar-refractivity contribution in [3.63, 3.8) is 0 Å². The van der Waals surface area contributed by atoms with Gasteiger partial charge in [0, 0.05) is 19.3 Å². The van der Waals surface area contributed by atoms with E-state index in [1.807, 2.05) is 36.4 Å². The van der Waals surface area contributed by atoms with Gasteiger partial charge in [0.15, 0.2) is 17.5 Å². The number of ether oxygens (including phenoxy) is 1. The summed E-state index contributed by atoms with van der Waals surface area (Å²) in [6, 6.07) is 9.83. The van der Waals surface area contributed by atoms with Crippen molar-refractivity contribution in [2.24, 2.45) is 0 Å². The van der Waals surface area contributed by atoms with E-state index in [9.17, 15) is 13.2 Å². The summed E-state index contributed by atoms with van der Waals surface area (Å²) < 4.78 is 57.6. The van der Waals surface area contributed by atoms with E-state index in [1.54, 1.807) is 26.4 Å². The summed E-state index contributed by atoms with van der Waals surface area (Å²) in [5.74, 6) is -3.15. The first-order valence-corrected chi connectivity index (χ1v) is 11.4. The molecular formula is C24H26F3N3OS. The number of halogens is 3. The number of allylic oxidation sites excluding steroid dienone is 2. The second-order valence-corrected chi connectivity index (χ2v) is 8.61. The molecule has 2 aromatic carbocycles. The lowest BCUT2D eigenvalue weighted by molar-refractivity contribution is 0.414. The van der Waals surface area contributed by atoms with Gasteiger partial charge < -0.3 is 10.1 Å². The van der Waals surface area contributed by atoms with Crippen molar-refractivity contribution in [3.05, 3.63) is 93.8 Å². The van der Waals surface area contributed by atoms with Crippen molar-refractivity contribution in [1.82, 2.24) is 10.0 Å². The normalized spacial score (nSPS) is 21.0. The SMILES string of the molecule is CN/C=C1\C(=C\c2cc(F)c(F)c(F)c2)C=CC(CCCc2ccc(OC)cc2)NS1=N. The van der Waals surface area contributed by atoms with E-state index in [1.165, 1.54) is 5.56 Å². The molecule has 0 amide bonds. The van der Waals surface area contributed by atoms with Crippen LogP contribution < -0.4 is 14.8 Å². The first kappa shape index (κ1) is 23.8. The van der Waals surface area contributed by atoms with Crippen LogP contribution in [0.4, 0.5) is 13.2 Å². The van der Waals surface area contributed by atoms with Gasteiger partial charge in [-0.05, 0) is 77.2 Å². The van der Waals surface area contributed by atoms with Crippen LogP contribution in [0.2, 0.25) is 0 Å². The number of aryl methyl sites for hydroxylation is 1. The Morgan fingerprint density at radius 1 is 1.16 bits per heavy atom. The molecule has 0 saturated heterocycles. The molecule has 32 heavy (non-hydrogen) atoms. The van der Waals surface area contributed by atoms with Crippen LogP contribution in [0.25, 0.3) is 6.08 Å². The second-order valence-electron chi connectivity index (χ2n) is 7.33. The first-order chi connectivity index (χ1) is 15.4. The van der Waals surface area contributed by atoms with Gasteiger partial charge in [-0.15, -0.1) is 0 Å². The Bertz CT molecular complexity index is 1040. The minimum Gasteiger partial charge on any atom is -0.497 e. The molecular weight excluding hydrogens is 435 g/mol. The summed E-state index contributed by atoms with van der Waals surface area (Å²) in [6.07, 6.45) is 9.69. The summed E-state index contributed by atoms with van der Waals surface area (Å²) in [4.78, 5) is 0.645. The minimum absolute atomic E-state index is 0.0260. The molecule has 1 heterocycles. The molecule has 3 rings (SSSR count). The summed E-state index contributed by atoms with van der Waals surface area (Å²) in [7, 11) is 2.30. The van der Waals surface area contributed by atoms with E-state index < -0.39 is 28.3 Å². The molecule has 8 heteroatoms. The number of rotatable bonds is 7. The summed E-state index contributed by atoms with van der Waals surface area (Å²) in [6.45, 7) is 0. The lowest BCUT2D eigenvalue weighted by atomic mass is 10.0. The van der Waals surface area contributed by atoms with Gasteiger partial charge in [0.25, 0.3) is 0 Å². The summed E-state index contributed by atoms with van der Waals surface area (Å²) in [5, 5.41) is 2.92. The zero-order valence-corrected chi connectivity index (χ0v) is 18.7. The molecule has 0 radical (unpaired) electrons. The van der Waals surface area contributed by atoms with Crippen molar-refractivity contribution in [2.45, 2.75) is 25.3 Å². The smallest absolute Gasteiger partial charge is 0.194 e. The molecule has 2 unspecified atom stereocenters. The maximum Gasteiger partial charge on any atom is 0.194 e. The van der Waals surface area contributed by atoms with Gasteiger partial charge in [0.05, 0.1) is 12.0 Å². The molecule has 0 saturated carbocycles. The Balaban J connectivity index is 1.76. The van der Waals surface area contributed by atoms with Gasteiger partial charge in [-0.1, -0.05) is 24.3 Å². The van der Waals surface area contributed by atoms with Crippen LogP contribution >= 0.6 is 0 Å². The Kier molecular flexibility index (Phi) is 8.30. The highest BCUT2D eigenvalue weighted by Gasteiger charge is 2.18. The molecule has 1 aliphatic rings. The topological polar surface area (TPSA) is 57.1 Å². The van der Waals surface area contributed by atoms with Crippen LogP contribution in [0.5, 0.6) is 5.75 Å². The molecule has 1 aliphatic heterocycles. The molecule has 2 aromatic rings. The predicted octanol–water partition coefficient (Wildman–Crippen LogP) is 5.40. The fourth-order valence-electron chi connectivity index (χ4n) is 3.38. The van der Waals surface area contributed by atoms with Crippen molar-refractivity contribution < 1.29 is 17.9 Å². The molecule has 3 N–H and O–H groups in total. The highest BCUT2D eigenvalue weighted by molar-refractivity contribution is 7.88. The van der Waals surface area contributed by atoms with Crippen LogP contribution in [0, 0.1) is 22.2 Å². The van der Waals surface area contributed by atoms with Crippen molar-refractivity contribution in [3.8, 4) is 5.75 Å². The van der Waals surface area contributed by atoms with Crippen molar-refractivity contribution >= 4 is 17.0 Å². The van der Waals surface area contributed by atoms with Gasteiger partial charge in [0.2, 0.25) is 0 Å². The Hall–Kier alpha value is -2.84. The fraction of sp³-hybridized carbons (Fsp3) is 0.250. The van der Waals surface area contributed by atoms with E-state index in [2.05, 4.69) is 10.0 Å². The number of benzene rings is 2. The summed E-state index contributed by atoms with van der Waals surface area (Å²) in [5.41, 5.74) is 2.04. The maximum atomic E-state index is 13.6. The van der Waals surface area contributed by atoms with Crippen LogP contribution in [0.3, 0.4) is 0 Å². The van der Waals surface area contributed by atoms with Crippen LogP contribution in [-0.2, 0) is 17.3 Å². The maximum absolute atomic E-state index is 13.6. The standard InChI is InChI=1S/C24H26F3N3OS/c1-29-15-23-18(12-17-13-21(25)24(27)22(26)14-17)8-9-19(30-32(23)28)5-3-4-16-6-10-20(31-2)11-7-16/h6-15,19,29H,3-5H2,1-2H3,(H2,28,30)/b18-12+,23-15+. The molecule has 0 fully saturated rings. The Labute approximate surface area is 188 Å². The molecule has 0 spiro atoms. The predicted molar refractivity (Wildman–Crippen MR) is 124 cm³/mol. The third-order valence-corrected chi connectivity index (χ3v) is 6.36. The largest absolute Gasteiger partial charge is 0.497 e. The zero-order chi connectivity index (χ0) is 23.1. The van der Waals surface area contributed by atoms with E-state index in [4.69, 9.17) is 9.52 Å². The third kappa shape index (κ3) is 6.11. The van der Waals surface area contributed by atoms with E-state index >= 15 is 0 Å². The lowest BCUT2D eigenvalue weighted by Gasteiger charge is -2.15.